The van der Waals surface area contributed by atoms with Crippen molar-refractivity contribution in [2.45, 2.75) is 284 Å². The van der Waals surface area contributed by atoms with E-state index in [1.807, 2.05) is 0 Å². The molecule has 1 unspecified atom stereocenters. The Hall–Kier alpha value is -2.63. The van der Waals surface area contributed by atoms with Gasteiger partial charge in [0.25, 0.3) is 0 Å². The van der Waals surface area contributed by atoms with Crippen molar-refractivity contribution < 1.29 is 28.6 Å². The molecule has 6 heteroatoms. The Bertz CT molecular complexity index is 1110. The molecule has 1 atom stereocenters. The van der Waals surface area contributed by atoms with E-state index in [1.54, 1.807) is 0 Å². The van der Waals surface area contributed by atoms with Crippen molar-refractivity contribution in [3.63, 3.8) is 0 Å². The Morgan fingerprint density at radius 3 is 0.968 bits per heavy atom. The quantitative estimate of drug-likeness (QED) is 0.0262. The molecule has 0 fully saturated rings. The van der Waals surface area contributed by atoms with E-state index in [-0.39, 0.29) is 31.1 Å². The summed E-state index contributed by atoms with van der Waals surface area (Å²) in [5.41, 5.74) is 0. The predicted octanol–water partition coefficient (Wildman–Crippen LogP) is 17.9. The minimum absolute atomic E-state index is 0.0760. The van der Waals surface area contributed by atoms with Crippen LogP contribution < -0.4 is 0 Å². The lowest BCUT2D eigenvalue weighted by Crippen LogP contribution is -2.30. The van der Waals surface area contributed by atoms with Crippen LogP contribution in [0.3, 0.4) is 0 Å². The summed E-state index contributed by atoms with van der Waals surface area (Å²) in [5.74, 6) is -0.889. The van der Waals surface area contributed by atoms with Crippen LogP contribution in [-0.2, 0) is 28.6 Å². The predicted molar refractivity (Wildman–Crippen MR) is 270 cm³/mol. The first-order valence-corrected chi connectivity index (χ1v) is 27.1. The Balaban J connectivity index is 4.17. The van der Waals surface area contributed by atoms with E-state index in [0.717, 1.165) is 96.3 Å². The third-order valence-corrected chi connectivity index (χ3v) is 11.8. The van der Waals surface area contributed by atoms with Gasteiger partial charge >= 0.3 is 17.9 Å². The van der Waals surface area contributed by atoms with Crippen LogP contribution in [0, 0.1) is 0 Å². The first-order chi connectivity index (χ1) is 31.0. The number of allylic oxidation sites excluding steroid dienone is 8. The Morgan fingerprint density at radius 2 is 0.619 bits per heavy atom. The lowest BCUT2D eigenvalue weighted by molar-refractivity contribution is -0.167. The summed E-state index contributed by atoms with van der Waals surface area (Å²) in [6.07, 6.45) is 62.7. The van der Waals surface area contributed by atoms with Gasteiger partial charge in [-0.05, 0) is 57.8 Å². The van der Waals surface area contributed by atoms with Crippen molar-refractivity contribution in [2.24, 2.45) is 0 Å². The van der Waals surface area contributed by atoms with Gasteiger partial charge in [0.2, 0.25) is 0 Å². The largest absolute Gasteiger partial charge is 0.462 e. The fraction of sp³-hybridized carbons (Fsp3) is 0.807. The molecule has 366 valence electrons. The van der Waals surface area contributed by atoms with Crippen molar-refractivity contribution in [3.8, 4) is 0 Å². The molecular formula is C57H102O6. The van der Waals surface area contributed by atoms with Gasteiger partial charge in [0.05, 0.1) is 0 Å². The molecule has 0 aromatic carbocycles. The zero-order valence-electron chi connectivity index (χ0n) is 41.8. The number of ether oxygens (including phenoxy) is 3. The van der Waals surface area contributed by atoms with Gasteiger partial charge in [-0.3, -0.25) is 14.4 Å². The topological polar surface area (TPSA) is 78.9 Å². The summed E-state index contributed by atoms with van der Waals surface area (Å²) in [5, 5.41) is 0. The Morgan fingerprint density at radius 1 is 0.333 bits per heavy atom. The van der Waals surface area contributed by atoms with Crippen LogP contribution in [0.25, 0.3) is 0 Å². The highest BCUT2D eigenvalue weighted by atomic mass is 16.6. The number of carbonyl (C=O) groups is 3. The smallest absolute Gasteiger partial charge is 0.306 e. The fourth-order valence-electron chi connectivity index (χ4n) is 7.79. The molecule has 0 saturated carbocycles. The minimum atomic E-state index is -0.775. The van der Waals surface area contributed by atoms with Gasteiger partial charge in [-0.2, -0.15) is 0 Å². The number of carbonyl (C=O) groups excluding carboxylic acids is 3. The van der Waals surface area contributed by atoms with Gasteiger partial charge in [0.15, 0.2) is 6.10 Å². The van der Waals surface area contributed by atoms with Crippen LogP contribution in [0.15, 0.2) is 48.6 Å². The summed E-state index contributed by atoms with van der Waals surface area (Å²) in [7, 11) is 0. The summed E-state index contributed by atoms with van der Waals surface area (Å²) in [6.45, 7) is 6.48. The average Bonchev–Trinajstić information content (AvgIpc) is 3.28. The lowest BCUT2D eigenvalue weighted by Gasteiger charge is -2.18. The molecule has 0 aliphatic heterocycles. The Labute approximate surface area is 390 Å². The summed E-state index contributed by atoms with van der Waals surface area (Å²) < 4.78 is 16.7. The van der Waals surface area contributed by atoms with Crippen molar-refractivity contribution in [1.82, 2.24) is 0 Å². The van der Waals surface area contributed by atoms with Gasteiger partial charge in [-0.1, -0.05) is 249 Å². The first kappa shape index (κ1) is 60.4. The molecule has 0 N–H and O–H groups in total. The molecule has 0 aromatic heterocycles. The monoisotopic (exact) mass is 883 g/mol. The number of rotatable bonds is 49. The van der Waals surface area contributed by atoms with Gasteiger partial charge < -0.3 is 14.2 Å². The number of unbranched alkanes of at least 4 members (excludes halogenated alkanes) is 30. The second-order valence-corrected chi connectivity index (χ2v) is 18.1. The molecule has 0 aliphatic rings. The molecule has 0 aromatic rings. The van der Waals surface area contributed by atoms with Crippen molar-refractivity contribution in [2.75, 3.05) is 13.2 Å². The van der Waals surface area contributed by atoms with E-state index in [2.05, 4.69) is 69.4 Å². The molecule has 0 spiro atoms. The van der Waals surface area contributed by atoms with E-state index >= 15 is 0 Å². The maximum absolute atomic E-state index is 12.8. The molecule has 0 amide bonds. The molecule has 0 rings (SSSR count). The maximum Gasteiger partial charge on any atom is 0.306 e. The molecule has 0 bridgehead atoms. The van der Waals surface area contributed by atoms with E-state index in [1.165, 1.54) is 141 Å². The van der Waals surface area contributed by atoms with Gasteiger partial charge in [-0.25, -0.2) is 0 Å². The van der Waals surface area contributed by atoms with Crippen LogP contribution in [0.2, 0.25) is 0 Å². The zero-order valence-corrected chi connectivity index (χ0v) is 41.8. The first-order valence-electron chi connectivity index (χ1n) is 27.1. The van der Waals surface area contributed by atoms with E-state index in [0.29, 0.717) is 19.3 Å². The average molecular weight is 883 g/mol. The zero-order chi connectivity index (χ0) is 45.8. The second-order valence-electron chi connectivity index (χ2n) is 18.1. The van der Waals surface area contributed by atoms with Gasteiger partial charge in [-0.15, -0.1) is 0 Å². The minimum Gasteiger partial charge on any atom is -0.462 e. The molecule has 0 saturated heterocycles. The summed E-state index contributed by atoms with van der Waals surface area (Å²) in [4.78, 5) is 37.8. The second kappa shape index (κ2) is 52.0. The molecule has 6 nitrogen and oxygen atoms in total. The normalized spacial score (nSPS) is 12.4. The third-order valence-electron chi connectivity index (χ3n) is 11.8. The van der Waals surface area contributed by atoms with Crippen LogP contribution >= 0.6 is 0 Å². The van der Waals surface area contributed by atoms with Gasteiger partial charge in [0.1, 0.15) is 13.2 Å². The van der Waals surface area contributed by atoms with E-state index in [9.17, 15) is 14.4 Å². The molecule has 0 heterocycles. The Kier molecular flexibility index (Phi) is 49.8. The number of esters is 3. The third kappa shape index (κ3) is 50.2. The molecule has 63 heavy (non-hydrogen) atoms. The highest BCUT2D eigenvalue weighted by Gasteiger charge is 2.19. The highest BCUT2D eigenvalue weighted by molar-refractivity contribution is 5.71. The number of hydrogen-bond donors (Lipinski definition) is 0. The molecular weight excluding hydrogens is 781 g/mol. The van der Waals surface area contributed by atoms with Crippen molar-refractivity contribution >= 4 is 17.9 Å². The molecule has 0 radical (unpaired) electrons. The summed E-state index contributed by atoms with van der Waals surface area (Å²) >= 11 is 0. The standard InChI is InChI=1S/C57H102O6/c1-4-7-10-13-16-18-20-22-24-26-28-30-31-33-35-37-39-41-44-47-50-56(59)62-53-54(52-61-55(58)49-46-43-15-12-9-6-3)63-57(60)51-48-45-42-40-38-36-34-32-29-27-25-23-21-19-17-14-11-8-5-2/h8,11,17,19,23,25,29,32,54H,4-7,9-10,12-16,18,20-22,24,26-28,30-31,33-53H2,1-3H3/b11-8-,19-17-,25-23-,32-29-. The fourth-order valence-corrected chi connectivity index (χ4v) is 7.79. The van der Waals surface area contributed by atoms with Gasteiger partial charge in [0, 0.05) is 19.3 Å². The van der Waals surface area contributed by atoms with Crippen molar-refractivity contribution in [3.05, 3.63) is 48.6 Å². The van der Waals surface area contributed by atoms with E-state index < -0.39 is 6.10 Å². The van der Waals surface area contributed by atoms with Crippen molar-refractivity contribution in [1.29, 1.82) is 0 Å². The summed E-state index contributed by atoms with van der Waals surface area (Å²) in [6, 6.07) is 0. The lowest BCUT2D eigenvalue weighted by atomic mass is 10.0. The van der Waals surface area contributed by atoms with Crippen LogP contribution in [0.1, 0.15) is 278 Å². The van der Waals surface area contributed by atoms with Crippen LogP contribution in [-0.4, -0.2) is 37.2 Å². The maximum atomic E-state index is 12.8. The molecule has 0 aliphatic carbocycles. The van der Waals surface area contributed by atoms with E-state index in [4.69, 9.17) is 14.2 Å². The van der Waals surface area contributed by atoms with Crippen LogP contribution in [0.4, 0.5) is 0 Å². The highest BCUT2D eigenvalue weighted by Crippen LogP contribution is 2.16. The SMILES string of the molecule is CC/C=C\C/C=C\C/C=C\C/C=C\CCCCCCCCC(=O)OC(COC(=O)CCCCCCCC)COC(=O)CCCCCCCCCCCCCCCCCCCCCC. The number of hydrogen-bond acceptors (Lipinski definition) is 6. The van der Waals surface area contributed by atoms with Crippen LogP contribution in [0.5, 0.6) is 0 Å².